The van der Waals surface area contributed by atoms with Crippen molar-refractivity contribution in [1.82, 2.24) is 0 Å². The molecule has 0 heterocycles. The Balaban J connectivity index is 5.28. The molecule has 0 atom stereocenters. The zero-order valence-electron chi connectivity index (χ0n) is 14.8. The number of unbranched alkanes of at least 4 members (excludes halogenated alkanes) is 4. The van der Waals surface area contributed by atoms with E-state index in [1.165, 1.54) is 12.2 Å². The molecule has 0 aromatic carbocycles. The second kappa shape index (κ2) is 12.9. The standard InChI is InChI=1S/C19H32O4/c1-5-9-11-13-19(14-12-10-6-2,17(20)22-15-7-3)18(21)23-16-8-4/h7-8H,3-6,9-16H2,1-2H3. The number of hydrogen-bond donors (Lipinski definition) is 0. The highest BCUT2D eigenvalue weighted by Gasteiger charge is 2.47. The van der Waals surface area contributed by atoms with Gasteiger partial charge in [0, 0.05) is 0 Å². The van der Waals surface area contributed by atoms with Crippen LogP contribution in [-0.4, -0.2) is 25.2 Å². The van der Waals surface area contributed by atoms with Gasteiger partial charge in [0.1, 0.15) is 13.2 Å². The molecular weight excluding hydrogens is 292 g/mol. The van der Waals surface area contributed by atoms with Gasteiger partial charge in [-0.2, -0.15) is 0 Å². The van der Waals surface area contributed by atoms with E-state index in [-0.39, 0.29) is 13.2 Å². The molecule has 0 N–H and O–H groups in total. The highest BCUT2D eigenvalue weighted by molar-refractivity contribution is 6.00. The highest BCUT2D eigenvalue weighted by Crippen LogP contribution is 2.35. The Morgan fingerprint density at radius 2 is 1.22 bits per heavy atom. The lowest BCUT2D eigenvalue weighted by Crippen LogP contribution is -2.42. The zero-order valence-corrected chi connectivity index (χ0v) is 14.8. The lowest BCUT2D eigenvalue weighted by atomic mass is 9.77. The Bertz CT molecular complexity index is 338. The van der Waals surface area contributed by atoms with Crippen LogP contribution in [0.4, 0.5) is 0 Å². The summed E-state index contributed by atoms with van der Waals surface area (Å²) in [6.07, 6.45) is 9.55. The van der Waals surface area contributed by atoms with Crippen molar-refractivity contribution >= 4 is 11.9 Å². The van der Waals surface area contributed by atoms with Crippen molar-refractivity contribution in [2.45, 2.75) is 65.2 Å². The molecule has 0 aliphatic heterocycles. The second-order valence-corrected chi connectivity index (χ2v) is 5.77. The maximum Gasteiger partial charge on any atom is 0.323 e. The number of esters is 2. The van der Waals surface area contributed by atoms with Crippen LogP contribution in [-0.2, 0) is 19.1 Å². The van der Waals surface area contributed by atoms with Gasteiger partial charge >= 0.3 is 11.9 Å². The van der Waals surface area contributed by atoms with Gasteiger partial charge in [0.15, 0.2) is 5.41 Å². The maximum absolute atomic E-state index is 12.6. The average Bonchev–Trinajstić information content (AvgIpc) is 2.56. The number of ether oxygens (including phenoxy) is 2. The summed E-state index contributed by atoms with van der Waals surface area (Å²) in [5.74, 6) is -0.975. The molecule has 4 heteroatoms. The number of rotatable bonds is 14. The summed E-state index contributed by atoms with van der Waals surface area (Å²) in [4.78, 5) is 25.2. The monoisotopic (exact) mass is 324 g/mol. The van der Waals surface area contributed by atoms with E-state index < -0.39 is 17.4 Å². The SMILES string of the molecule is C=CCOC(=O)C(CCCCC)(CCCCC)C(=O)OCC=C. The van der Waals surface area contributed by atoms with Gasteiger partial charge in [-0.3, -0.25) is 9.59 Å². The summed E-state index contributed by atoms with van der Waals surface area (Å²) < 4.78 is 10.5. The van der Waals surface area contributed by atoms with Gasteiger partial charge in [0.25, 0.3) is 0 Å². The molecule has 0 aromatic rings. The highest BCUT2D eigenvalue weighted by atomic mass is 16.6. The Labute approximate surface area is 140 Å². The molecule has 0 aliphatic rings. The summed E-state index contributed by atoms with van der Waals surface area (Å²) in [6, 6.07) is 0. The topological polar surface area (TPSA) is 52.6 Å². The summed E-state index contributed by atoms with van der Waals surface area (Å²) in [7, 11) is 0. The molecule has 0 saturated carbocycles. The average molecular weight is 324 g/mol. The molecule has 0 aliphatic carbocycles. The van der Waals surface area contributed by atoms with Gasteiger partial charge in [-0.15, -0.1) is 0 Å². The van der Waals surface area contributed by atoms with E-state index in [0.717, 1.165) is 38.5 Å². The quantitative estimate of drug-likeness (QED) is 0.203. The van der Waals surface area contributed by atoms with Crippen LogP contribution in [0.5, 0.6) is 0 Å². The lowest BCUT2D eigenvalue weighted by molar-refractivity contribution is -0.172. The van der Waals surface area contributed by atoms with Crippen molar-refractivity contribution in [3.05, 3.63) is 25.3 Å². The molecule has 0 radical (unpaired) electrons. The normalized spacial score (nSPS) is 10.9. The van der Waals surface area contributed by atoms with E-state index in [1.807, 2.05) is 0 Å². The smallest absolute Gasteiger partial charge is 0.323 e. The van der Waals surface area contributed by atoms with Gasteiger partial charge in [0.05, 0.1) is 0 Å². The molecular formula is C19H32O4. The Morgan fingerprint density at radius 1 is 0.826 bits per heavy atom. The van der Waals surface area contributed by atoms with Crippen LogP contribution < -0.4 is 0 Å². The molecule has 0 spiro atoms. The second-order valence-electron chi connectivity index (χ2n) is 5.77. The zero-order chi connectivity index (χ0) is 17.6. The van der Waals surface area contributed by atoms with Crippen LogP contribution in [0.25, 0.3) is 0 Å². The largest absolute Gasteiger partial charge is 0.461 e. The summed E-state index contributed by atoms with van der Waals surface area (Å²) >= 11 is 0. The van der Waals surface area contributed by atoms with Gasteiger partial charge in [-0.1, -0.05) is 77.7 Å². The first-order valence-corrected chi connectivity index (χ1v) is 8.65. The van der Waals surface area contributed by atoms with E-state index in [2.05, 4.69) is 27.0 Å². The molecule has 0 unspecified atom stereocenters. The third-order valence-corrected chi connectivity index (χ3v) is 3.86. The van der Waals surface area contributed by atoms with Crippen LogP contribution in [0, 0.1) is 5.41 Å². The molecule has 4 nitrogen and oxygen atoms in total. The molecule has 0 saturated heterocycles. The van der Waals surface area contributed by atoms with E-state index >= 15 is 0 Å². The Hall–Kier alpha value is -1.58. The first-order chi connectivity index (χ1) is 11.1. The summed E-state index contributed by atoms with van der Waals surface area (Å²) in [6.45, 7) is 11.5. The third-order valence-electron chi connectivity index (χ3n) is 3.86. The van der Waals surface area contributed by atoms with Crippen LogP contribution in [0.1, 0.15) is 65.2 Å². The minimum absolute atomic E-state index is 0.108. The summed E-state index contributed by atoms with van der Waals surface area (Å²) in [5, 5.41) is 0. The fraction of sp³-hybridized carbons (Fsp3) is 0.684. The Kier molecular flexibility index (Phi) is 12.0. The first-order valence-electron chi connectivity index (χ1n) is 8.65. The molecule has 0 aromatic heterocycles. The van der Waals surface area contributed by atoms with Gasteiger partial charge in [-0.25, -0.2) is 0 Å². The predicted octanol–water partition coefficient (Wildman–Crippen LogP) is 4.59. The molecule has 0 amide bonds. The van der Waals surface area contributed by atoms with Crippen molar-refractivity contribution in [3.63, 3.8) is 0 Å². The predicted molar refractivity (Wildman–Crippen MR) is 93.0 cm³/mol. The molecule has 0 rings (SSSR count). The molecule has 0 fully saturated rings. The molecule has 132 valence electrons. The molecule has 0 bridgehead atoms. The van der Waals surface area contributed by atoms with E-state index in [1.54, 1.807) is 0 Å². The fourth-order valence-corrected chi connectivity index (χ4v) is 2.52. The van der Waals surface area contributed by atoms with Crippen molar-refractivity contribution in [1.29, 1.82) is 0 Å². The number of hydrogen-bond acceptors (Lipinski definition) is 4. The maximum atomic E-state index is 12.6. The minimum Gasteiger partial charge on any atom is -0.461 e. The van der Waals surface area contributed by atoms with E-state index in [9.17, 15) is 9.59 Å². The lowest BCUT2D eigenvalue weighted by Gasteiger charge is -2.29. The van der Waals surface area contributed by atoms with Crippen molar-refractivity contribution in [3.8, 4) is 0 Å². The van der Waals surface area contributed by atoms with Crippen molar-refractivity contribution in [2.24, 2.45) is 5.41 Å². The Morgan fingerprint density at radius 3 is 1.52 bits per heavy atom. The first kappa shape index (κ1) is 21.4. The fourth-order valence-electron chi connectivity index (χ4n) is 2.52. The van der Waals surface area contributed by atoms with Crippen LogP contribution in [0.15, 0.2) is 25.3 Å². The van der Waals surface area contributed by atoms with Gasteiger partial charge in [-0.05, 0) is 12.8 Å². The van der Waals surface area contributed by atoms with Gasteiger partial charge < -0.3 is 9.47 Å². The van der Waals surface area contributed by atoms with Crippen molar-refractivity contribution < 1.29 is 19.1 Å². The van der Waals surface area contributed by atoms with Crippen LogP contribution in [0.3, 0.4) is 0 Å². The van der Waals surface area contributed by atoms with E-state index in [0.29, 0.717) is 12.8 Å². The van der Waals surface area contributed by atoms with Crippen LogP contribution in [0.2, 0.25) is 0 Å². The van der Waals surface area contributed by atoms with Gasteiger partial charge in [0.2, 0.25) is 0 Å². The molecule has 23 heavy (non-hydrogen) atoms. The number of carbonyl (C=O) groups is 2. The van der Waals surface area contributed by atoms with E-state index in [4.69, 9.17) is 9.47 Å². The van der Waals surface area contributed by atoms with Crippen LogP contribution >= 0.6 is 0 Å². The summed E-state index contributed by atoms with van der Waals surface area (Å²) in [5.41, 5.74) is -1.20. The van der Waals surface area contributed by atoms with Crippen molar-refractivity contribution in [2.75, 3.05) is 13.2 Å². The third kappa shape index (κ3) is 7.49. The minimum atomic E-state index is -1.20. The number of carbonyl (C=O) groups excluding carboxylic acids is 2.